The molecule has 160 valence electrons. The van der Waals surface area contributed by atoms with Crippen LogP contribution in [0.15, 0.2) is 35.3 Å². The first-order valence-corrected chi connectivity index (χ1v) is 10.2. The van der Waals surface area contributed by atoms with Crippen LogP contribution in [-0.2, 0) is 16.0 Å². The Morgan fingerprint density at radius 2 is 1.87 bits per heavy atom. The number of amides is 4. The van der Waals surface area contributed by atoms with E-state index in [9.17, 15) is 14.4 Å². The third-order valence-electron chi connectivity index (χ3n) is 5.86. The summed E-state index contributed by atoms with van der Waals surface area (Å²) in [6, 6.07) is 9.11. The number of benzene rings is 1. The highest BCUT2D eigenvalue weighted by Crippen LogP contribution is 2.26. The van der Waals surface area contributed by atoms with Gasteiger partial charge in [0.15, 0.2) is 18.2 Å². The van der Waals surface area contributed by atoms with E-state index < -0.39 is 18.2 Å². The minimum Gasteiger partial charge on any atom is -0.369 e. The van der Waals surface area contributed by atoms with Crippen LogP contribution in [0.4, 0.5) is 4.79 Å². The number of carbonyl (C=O) groups excluding carboxylic acids is 3. The van der Waals surface area contributed by atoms with Gasteiger partial charge in [0.2, 0.25) is 5.91 Å². The Hall–Kier alpha value is -3.14. The van der Waals surface area contributed by atoms with Crippen molar-refractivity contribution in [3.8, 4) is 0 Å². The maximum Gasteiger partial charge on any atom is 0.325 e. The first-order valence-electron chi connectivity index (χ1n) is 10.2. The Morgan fingerprint density at radius 3 is 2.53 bits per heavy atom. The van der Waals surface area contributed by atoms with Crippen LogP contribution >= 0.6 is 0 Å². The summed E-state index contributed by atoms with van der Waals surface area (Å²) in [7, 11) is 1.66. The van der Waals surface area contributed by atoms with Gasteiger partial charge in [-0.25, -0.2) is 9.79 Å². The van der Waals surface area contributed by atoms with Crippen molar-refractivity contribution in [2.45, 2.75) is 18.6 Å². The zero-order chi connectivity index (χ0) is 21.3. The van der Waals surface area contributed by atoms with Gasteiger partial charge in [0.25, 0.3) is 5.91 Å². The van der Waals surface area contributed by atoms with Crippen LogP contribution in [0, 0.1) is 0 Å². The first kappa shape index (κ1) is 20.1. The molecular weight excluding hydrogens is 386 g/mol. The van der Waals surface area contributed by atoms with Crippen molar-refractivity contribution in [1.82, 2.24) is 24.9 Å². The molecule has 0 aliphatic carbocycles. The molecule has 0 spiro atoms. The maximum atomic E-state index is 12.7. The molecule has 3 aliphatic heterocycles. The van der Waals surface area contributed by atoms with Crippen molar-refractivity contribution in [3.63, 3.8) is 0 Å². The normalized spacial score (nSPS) is 24.6. The fourth-order valence-electron chi connectivity index (χ4n) is 4.23. The van der Waals surface area contributed by atoms with Gasteiger partial charge in [-0.1, -0.05) is 30.3 Å². The van der Waals surface area contributed by atoms with E-state index in [1.54, 1.807) is 7.05 Å². The second-order valence-electron chi connectivity index (χ2n) is 7.85. The molecule has 10 nitrogen and oxygen atoms in total. The lowest BCUT2D eigenvalue weighted by Gasteiger charge is -2.40. The van der Waals surface area contributed by atoms with E-state index in [4.69, 9.17) is 10.7 Å². The van der Waals surface area contributed by atoms with Crippen molar-refractivity contribution in [2.75, 3.05) is 46.3 Å². The van der Waals surface area contributed by atoms with Crippen LogP contribution < -0.4 is 11.1 Å². The van der Waals surface area contributed by atoms with Gasteiger partial charge in [0, 0.05) is 39.8 Å². The molecule has 0 saturated carbocycles. The van der Waals surface area contributed by atoms with Gasteiger partial charge < -0.3 is 20.4 Å². The van der Waals surface area contributed by atoms with Crippen LogP contribution in [0.5, 0.6) is 0 Å². The summed E-state index contributed by atoms with van der Waals surface area (Å²) < 4.78 is 0. The SMILES string of the molecule is CN1C(=O)NC(=O)C2C1N=C(N1CCN(CC(N)=O)CC1)N2CCc1ccccc1. The Labute approximate surface area is 175 Å². The molecule has 1 aromatic rings. The number of carbonyl (C=O) groups is 3. The average Bonchev–Trinajstić information content (AvgIpc) is 3.12. The van der Waals surface area contributed by atoms with Crippen molar-refractivity contribution in [2.24, 2.45) is 10.7 Å². The molecule has 2 atom stereocenters. The molecule has 3 heterocycles. The van der Waals surface area contributed by atoms with E-state index >= 15 is 0 Å². The Morgan fingerprint density at radius 1 is 1.17 bits per heavy atom. The number of hydrogen-bond donors (Lipinski definition) is 2. The fourth-order valence-corrected chi connectivity index (χ4v) is 4.23. The standard InChI is InChI=1S/C20H27N7O3/c1-24-17-16(18(29)23-20(24)30)27(8-7-14-5-3-2-4-6-14)19(22-17)26-11-9-25(10-12-26)13-15(21)28/h2-6,16-17H,7-13H2,1H3,(H2,21,28)(H,23,29,30). The molecule has 2 fully saturated rings. The second kappa shape index (κ2) is 8.31. The van der Waals surface area contributed by atoms with Crippen molar-refractivity contribution in [1.29, 1.82) is 0 Å². The molecule has 10 heteroatoms. The molecular formula is C20H27N7O3. The van der Waals surface area contributed by atoms with Gasteiger partial charge in [0.1, 0.15) is 0 Å². The number of rotatable bonds is 5. The monoisotopic (exact) mass is 413 g/mol. The van der Waals surface area contributed by atoms with Gasteiger partial charge in [-0.05, 0) is 12.0 Å². The van der Waals surface area contributed by atoms with Gasteiger partial charge in [-0.15, -0.1) is 0 Å². The third kappa shape index (κ3) is 3.95. The third-order valence-corrected chi connectivity index (χ3v) is 5.86. The van der Waals surface area contributed by atoms with Crippen molar-refractivity contribution < 1.29 is 14.4 Å². The predicted octanol–water partition coefficient (Wildman–Crippen LogP) is -1.12. The Bertz CT molecular complexity index is 851. The lowest BCUT2D eigenvalue weighted by Crippen LogP contribution is -2.64. The molecule has 30 heavy (non-hydrogen) atoms. The number of likely N-dealkylation sites (N-methyl/N-ethyl adjacent to an activating group) is 1. The molecule has 3 aliphatic rings. The van der Waals surface area contributed by atoms with E-state index in [1.807, 2.05) is 28.0 Å². The van der Waals surface area contributed by atoms with E-state index in [-0.39, 0.29) is 18.4 Å². The summed E-state index contributed by atoms with van der Waals surface area (Å²) >= 11 is 0. The molecule has 2 unspecified atom stereocenters. The van der Waals surface area contributed by atoms with Crippen molar-refractivity contribution >= 4 is 23.8 Å². The number of hydrogen-bond acceptors (Lipinski definition) is 7. The van der Waals surface area contributed by atoms with E-state index in [0.29, 0.717) is 32.7 Å². The zero-order valence-corrected chi connectivity index (χ0v) is 17.0. The first-order chi connectivity index (χ1) is 14.4. The summed E-state index contributed by atoms with van der Waals surface area (Å²) in [5.74, 6) is 0.0765. The summed E-state index contributed by atoms with van der Waals surface area (Å²) in [5, 5.41) is 2.44. The summed E-state index contributed by atoms with van der Waals surface area (Å²) in [5.41, 5.74) is 6.49. The van der Waals surface area contributed by atoms with Gasteiger partial charge >= 0.3 is 6.03 Å². The highest BCUT2D eigenvalue weighted by molar-refractivity contribution is 6.03. The Balaban J connectivity index is 1.53. The highest BCUT2D eigenvalue weighted by Gasteiger charge is 2.49. The van der Waals surface area contributed by atoms with Crippen LogP contribution in [0.1, 0.15) is 5.56 Å². The number of nitrogens with two attached hydrogens (primary N) is 1. The number of aliphatic imine (C=N–C) groups is 1. The molecule has 0 bridgehead atoms. The smallest absolute Gasteiger partial charge is 0.325 e. The quantitative estimate of drug-likeness (QED) is 0.632. The van der Waals surface area contributed by atoms with Crippen molar-refractivity contribution in [3.05, 3.63) is 35.9 Å². The number of primary amides is 1. The number of imide groups is 1. The molecule has 2 saturated heterocycles. The van der Waals surface area contributed by atoms with Crippen LogP contribution in [0.25, 0.3) is 0 Å². The number of fused-ring (bicyclic) bond motifs is 1. The van der Waals surface area contributed by atoms with E-state index in [2.05, 4.69) is 22.3 Å². The maximum absolute atomic E-state index is 12.7. The minimum atomic E-state index is -0.546. The van der Waals surface area contributed by atoms with Gasteiger partial charge in [-0.3, -0.25) is 19.8 Å². The average molecular weight is 413 g/mol. The molecule has 0 aromatic heterocycles. The molecule has 4 amide bonds. The summed E-state index contributed by atoms with van der Waals surface area (Å²) in [6.07, 6.45) is 0.219. The number of guanidine groups is 1. The van der Waals surface area contributed by atoms with Gasteiger partial charge in [0.05, 0.1) is 6.54 Å². The number of nitrogens with one attached hydrogen (secondary N) is 1. The fraction of sp³-hybridized carbons (Fsp3) is 0.500. The van der Waals surface area contributed by atoms with Crippen LogP contribution in [-0.4, -0.2) is 102 Å². The predicted molar refractivity (Wildman–Crippen MR) is 110 cm³/mol. The Kier molecular flexibility index (Phi) is 5.58. The summed E-state index contributed by atoms with van der Waals surface area (Å²) in [4.78, 5) is 48.5. The lowest BCUT2D eigenvalue weighted by atomic mass is 10.1. The van der Waals surface area contributed by atoms with E-state index in [0.717, 1.165) is 12.4 Å². The molecule has 3 N–H and O–H groups in total. The van der Waals surface area contributed by atoms with E-state index in [1.165, 1.54) is 10.5 Å². The second-order valence-corrected chi connectivity index (χ2v) is 7.85. The molecule has 0 radical (unpaired) electrons. The lowest BCUT2D eigenvalue weighted by molar-refractivity contribution is -0.127. The molecule has 4 rings (SSSR count). The van der Waals surface area contributed by atoms with Gasteiger partial charge in [-0.2, -0.15) is 0 Å². The largest absolute Gasteiger partial charge is 0.369 e. The van der Waals surface area contributed by atoms with Crippen LogP contribution in [0.2, 0.25) is 0 Å². The van der Waals surface area contributed by atoms with Crippen LogP contribution in [0.3, 0.4) is 0 Å². The number of piperazine rings is 1. The number of nitrogens with zero attached hydrogens (tertiary/aromatic N) is 5. The highest BCUT2D eigenvalue weighted by atomic mass is 16.2. The molecule has 1 aromatic carbocycles. The minimum absolute atomic E-state index is 0.239. The topological polar surface area (TPSA) is 115 Å². The zero-order valence-electron chi connectivity index (χ0n) is 17.0. The summed E-state index contributed by atoms with van der Waals surface area (Å²) in [6.45, 7) is 3.57. The number of urea groups is 1.